The Morgan fingerprint density at radius 2 is 1.94 bits per heavy atom. The molecule has 0 unspecified atom stereocenters. The van der Waals surface area contributed by atoms with Gasteiger partial charge in [0.2, 0.25) is 0 Å². The highest BCUT2D eigenvalue weighted by Gasteiger charge is 2.26. The molecule has 0 aliphatic heterocycles. The van der Waals surface area contributed by atoms with Crippen molar-refractivity contribution in [3.05, 3.63) is 27.8 Å². The van der Waals surface area contributed by atoms with Gasteiger partial charge in [-0.3, -0.25) is 0 Å². The number of fused-ring (bicyclic) bond motifs is 1. The molecule has 2 N–H and O–H groups in total. The topological polar surface area (TPSA) is 35.2 Å². The summed E-state index contributed by atoms with van der Waals surface area (Å²) in [5.74, 6) is 0.750. The van der Waals surface area contributed by atoms with E-state index in [4.69, 9.17) is 22.1 Å². The largest absolute Gasteiger partial charge is 0.495 e. The number of halogens is 1. The summed E-state index contributed by atoms with van der Waals surface area (Å²) in [5.41, 5.74) is 9.37. The number of benzene rings is 1. The van der Waals surface area contributed by atoms with Crippen molar-refractivity contribution in [2.24, 2.45) is 5.73 Å². The lowest BCUT2D eigenvalue weighted by Crippen LogP contribution is -2.30. The van der Waals surface area contributed by atoms with Crippen molar-refractivity contribution in [3.63, 3.8) is 0 Å². The predicted octanol–water partition coefficient (Wildman–Crippen LogP) is 3.42. The van der Waals surface area contributed by atoms with Crippen LogP contribution in [0.2, 0.25) is 5.02 Å². The van der Waals surface area contributed by atoms with Crippen LogP contribution in [-0.4, -0.2) is 7.11 Å². The van der Waals surface area contributed by atoms with Crippen LogP contribution in [0.15, 0.2) is 6.07 Å². The van der Waals surface area contributed by atoms with Crippen LogP contribution in [0.4, 0.5) is 0 Å². The number of hydrogen-bond donors (Lipinski definition) is 1. The molecule has 0 amide bonds. The van der Waals surface area contributed by atoms with E-state index in [1.807, 2.05) is 13.8 Å². The molecule has 2 rings (SSSR count). The molecule has 3 heteroatoms. The molecule has 0 fully saturated rings. The van der Waals surface area contributed by atoms with Gasteiger partial charge in [-0.2, -0.15) is 0 Å². The van der Waals surface area contributed by atoms with Crippen molar-refractivity contribution in [2.75, 3.05) is 7.11 Å². The molecule has 0 radical (unpaired) electrons. The highest BCUT2D eigenvalue weighted by atomic mass is 35.5. The van der Waals surface area contributed by atoms with Crippen molar-refractivity contribution >= 4 is 11.6 Å². The van der Waals surface area contributed by atoms with Gasteiger partial charge in [0.25, 0.3) is 0 Å². The lowest BCUT2D eigenvalue weighted by molar-refractivity contribution is 0.393. The third kappa shape index (κ3) is 2.29. The van der Waals surface area contributed by atoms with Gasteiger partial charge in [0.05, 0.1) is 12.1 Å². The van der Waals surface area contributed by atoms with Gasteiger partial charge >= 0.3 is 0 Å². The summed E-state index contributed by atoms with van der Waals surface area (Å²) < 4.78 is 5.46. The van der Waals surface area contributed by atoms with E-state index < -0.39 is 5.54 Å². The molecule has 0 spiro atoms. The van der Waals surface area contributed by atoms with Gasteiger partial charge in [-0.15, -0.1) is 0 Å². The molecular formula is C14H20ClNO. The fourth-order valence-corrected chi connectivity index (χ4v) is 2.91. The van der Waals surface area contributed by atoms with E-state index in [9.17, 15) is 0 Å². The second-order valence-electron chi connectivity index (χ2n) is 5.34. The highest BCUT2D eigenvalue weighted by Crippen LogP contribution is 2.41. The zero-order valence-corrected chi connectivity index (χ0v) is 11.5. The van der Waals surface area contributed by atoms with Crippen LogP contribution in [0.5, 0.6) is 5.75 Å². The Morgan fingerprint density at radius 1 is 1.29 bits per heavy atom. The number of aryl methyl sites for hydroxylation is 1. The van der Waals surface area contributed by atoms with E-state index in [0.717, 1.165) is 29.2 Å². The Kier molecular flexibility index (Phi) is 3.37. The van der Waals surface area contributed by atoms with Gasteiger partial charge in [-0.25, -0.2) is 0 Å². The fourth-order valence-electron chi connectivity index (χ4n) is 2.51. The maximum Gasteiger partial charge on any atom is 0.142 e. The standard InChI is InChI=1S/C14H20ClNO/c1-14(2,16)11-8-9-6-4-5-7-10(9)12(15)13(11)17-3/h8H,4-7,16H2,1-3H3. The molecule has 1 aromatic rings. The zero-order valence-electron chi connectivity index (χ0n) is 10.8. The summed E-state index contributed by atoms with van der Waals surface area (Å²) in [6.07, 6.45) is 4.60. The Hall–Kier alpha value is -0.730. The smallest absolute Gasteiger partial charge is 0.142 e. The summed E-state index contributed by atoms with van der Waals surface area (Å²) >= 11 is 6.46. The quantitative estimate of drug-likeness (QED) is 0.877. The van der Waals surface area contributed by atoms with E-state index in [2.05, 4.69) is 6.07 Å². The van der Waals surface area contributed by atoms with E-state index in [1.165, 1.54) is 24.0 Å². The first kappa shape index (κ1) is 12.7. The Bertz CT molecular complexity index is 435. The maximum absolute atomic E-state index is 6.46. The third-order valence-electron chi connectivity index (χ3n) is 3.44. The lowest BCUT2D eigenvalue weighted by Gasteiger charge is -2.27. The zero-order chi connectivity index (χ0) is 12.6. The first-order valence-corrected chi connectivity index (χ1v) is 6.50. The predicted molar refractivity (Wildman–Crippen MR) is 71.9 cm³/mol. The van der Waals surface area contributed by atoms with Gasteiger partial charge in [0, 0.05) is 11.1 Å². The average molecular weight is 254 g/mol. The van der Waals surface area contributed by atoms with Crippen molar-refractivity contribution < 1.29 is 4.74 Å². The van der Waals surface area contributed by atoms with Crippen LogP contribution in [0.3, 0.4) is 0 Å². The van der Waals surface area contributed by atoms with Gasteiger partial charge in [0.1, 0.15) is 5.75 Å². The minimum Gasteiger partial charge on any atom is -0.495 e. The van der Waals surface area contributed by atoms with E-state index >= 15 is 0 Å². The molecule has 2 nitrogen and oxygen atoms in total. The first-order chi connectivity index (χ1) is 7.95. The number of ether oxygens (including phenoxy) is 1. The summed E-state index contributed by atoms with van der Waals surface area (Å²) in [6, 6.07) is 2.18. The number of hydrogen-bond acceptors (Lipinski definition) is 2. The second kappa shape index (κ2) is 4.51. The fraction of sp³-hybridized carbons (Fsp3) is 0.571. The molecule has 1 aliphatic carbocycles. The molecule has 0 saturated carbocycles. The molecule has 1 aliphatic rings. The Morgan fingerprint density at radius 3 is 2.53 bits per heavy atom. The number of methoxy groups -OCH3 is 1. The molecule has 0 aromatic heterocycles. The monoisotopic (exact) mass is 253 g/mol. The Balaban J connectivity index is 2.64. The van der Waals surface area contributed by atoms with Crippen molar-refractivity contribution in [1.29, 1.82) is 0 Å². The van der Waals surface area contributed by atoms with Crippen LogP contribution < -0.4 is 10.5 Å². The van der Waals surface area contributed by atoms with Crippen LogP contribution in [0.1, 0.15) is 43.4 Å². The molecular weight excluding hydrogens is 234 g/mol. The van der Waals surface area contributed by atoms with Gasteiger partial charge < -0.3 is 10.5 Å². The molecule has 17 heavy (non-hydrogen) atoms. The van der Waals surface area contributed by atoms with Gasteiger partial charge in [-0.05, 0) is 56.7 Å². The normalized spacial score (nSPS) is 15.6. The Labute approximate surface area is 108 Å². The molecule has 0 atom stereocenters. The van der Waals surface area contributed by atoms with E-state index in [-0.39, 0.29) is 0 Å². The lowest BCUT2D eigenvalue weighted by atomic mass is 9.85. The van der Waals surface area contributed by atoms with Crippen molar-refractivity contribution in [2.45, 2.75) is 45.1 Å². The highest BCUT2D eigenvalue weighted by molar-refractivity contribution is 6.33. The number of rotatable bonds is 2. The minimum absolute atomic E-state index is 0.429. The molecule has 0 heterocycles. The van der Waals surface area contributed by atoms with E-state index in [0.29, 0.717) is 0 Å². The van der Waals surface area contributed by atoms with Crippen LogP contribution >= 0.6 is 11.6 Å². The molecule has 94 valence electrons. The van der Waals surface area contributed by atoms with Gasteiger partial charge in [0.15, 0.2) is 0 Å². The van der Waals surface area contributed by atoms with Crippen molar-refractivity contribution in [3.8, 4) is 5.75 Å². The average Bonchev–Trinajstić information content (AvgIpc) is 2.28. The third-order valence-corrected chi connectivity index (χ3v) is 3.84. The molecule has 1 aromatic carbocycles. The number of nitrogens with two attached hydrogens (primary N) is 1. The minimum atomic E-state index is -0.429. The second-order valence-corrected chi connectivity index (χ2v) is 5.72. The molecule has 0 saturated heterocycles. The van der Waals surface area contributed by atoms with Crippen LogP contribution in [0, 0.1) is 0 Å². The van der Waals surface area contributed by atoms with Gasteiger partial charge in [-0.1, -0.05) is 11.6 Å². The van der Waals surface area contributed by atoms with Crippen LogP contribution in [-0.2, 0) is 18.4 Å². The molecule has 0 bridgehead atoms. The van der Waals surface area contributed by atoms with E-state index in [1.54, 1.807) is 7.11 Å². The summed E-state index contributed by atoms with van der Waals surface area (Å²) in [7, 11) is 1.66. The maximum atomic E-state index is 6.46. The van der Waals surface area contributed by atoms with Crippen molar-refractivity contribution in [1.82, 2.24) is 0 Å². The summed E-state index contributed by atoms with van der Waals surface area (Å²) in [5, 5.41) is 0.762. The summed E-state index contributed by atoms with van der Waals surface area (Å²) in [6.45, 7) is 3.97. The first-order valence-electron chi connectivity index (χ1n) is 6.12. The SMILES string of the molecule is COc1c(C(C)(C)N)cc2c(c1Cl)CCCC2. The summed E-state index contributed by atoms with van der Waals surface area (Å²) in [4.78, 5) is 0. The van der Waals surface area contributed by atoms with Crippen LogP contribution in [0.25, 0.3) is 0 Å².